The van der Waals surface area contributed by atoms with Crippen LogP contribution >= 0.6 is 0 Å². The van der Waals surface area contributed by atoms with Gasteiger partial charge in [-0.15, -0.1) is 0 Å². The number of benzene rings is 1. The molecule has 4 nitrogen and oxygen atoms in total. The normalized spacial score (nSPS) is 13.0. The van der Waals surface area contributed by atoms with Crippen LogP contribution in [0.1, 0.15) is 54.2 Å². The lowest BCUT2D eigenvalue weighted by Crippen LogP contribution is -2.37. The number of nitrogens with zero attached hydrogens (tertiary/aromatic N) is 1. The Morgan fingerprint density at radius 1 is 1.29 bits per heavy atom. The molecule has 1 heterocycles. The average Bonchev–Trinajstić information content (AvgIpc) is 2.80. The van der Waals surface area contributed by atoms with E-state index in [2.05, 4.69) is 37.1 Å². The van der Waals surface area contributed by atoms with Crippen molar-refractivity contribution in [2.24, 2.45) is 5.41 Å². The SMILES string of the molecule is Cc1cccc(C(NC(=O)c2ncoc2C)C(C)(C)C)c1. The largest absolute Gasteiger partial charge is 0.448 e. The molecular formula is C17H22N2O2. The van der Waals surface area contributed by atoms with Crippen LogP contribution in [0.25, 0.3) is 0 Å². The van der Waals surface area contributed by atoms with Crippen LogP contribution in [0.15, 0.2) is 35.1 Å². The minimum atomic E-state index is -0.206. The van der Waals surface area contributed by atoms with Gasteiger partial charge in [0.2, 0.25) is 0 Å². The van der Waals surface area contributed by atoms with Crippen LogP contribution < -0.4 is 5.32 Å². The molecule has 1 aromatic carbocycles. The molecule has 1 N–H and O–H groups in total. The smallest absolute Gasteiger partial charge is 0.274 e. The fourth-order valence-electron chi connectivity index (χ4n) is 2.37. The van der Waals surface area contributed by atoms with Crippen molar-refractivity contribution in [1.82, 2.24) is 10.3 Å². The van der Waals surface area contributed by atoms with Crippen molar-refractivity contribution in [3.63, 3.8) is 0 Å². The highest BCUT2D eigenvalue weighted by molar-refractivity contribution is 5.93. The lowest BCUT2D eigenvalue weighted by Gasteiger charge is -2.32. The number of aromatic nitrogens is 1. The molecule has 0 aliphatic heterocycles. The van der Waals surface area contributed by atoms with E-state index in [1.165, 1.54) is 12.0 Å². The topological polar surface area (TPSA) is 55.1 Å². The fourth-order valence-corrected chi connectivity index (χ4v) is 2.37. The maximum absolute atomic E-state index is 12.4. The Balaban J connectivity index is 2.30. The summed E-state index contributed by atoms with van der Waals surface area (Å²) in [5, 5.41) is 3.08. The molecule has 112 valence electrons. The van der Waals surface area contributed by atoms with Crippen LogP contribution in [0, 0.1) is 19.3 Å². The third kappa shape index (κ3) is 3.51. The maximum Gasteiger partial charge on any atom is 0.274 e. The number of nitrogens with one attached hydrogen (secondary N) is 1. The highest BCUT2D eigenvalue weighted by Crippen LogP contribution is 2.33. The quantitative estimate of drug-likeness (QED) is 0.933. The zero-order valence-electron chi connectivity index (χ0n) is 13.2. The van der Waals surface area contributed by atoms with Gasteiger partial charge in [0.05, 0.1) is 6.04 Å². The zero-order chi connectivity index (χ0) is 15.6. The molecule has 0 saturated carbocycles. The first-order chi connectivity index (χ1) is 9.79. The van der Waals surface area contributed by atoms with Gasteiger partial charge in [-0.1, -0.05) is 50.6 Å². The second-order valence-corrected chi connectivity index (χ2v) is 6.44. The molecule has 1 amide bonds. The maximum atomic E-state index is 12.4. The standard InChI is InChI=1S/C17H22N2O2/c1-11-7-6-8-13(9-11)15(17(3,4)5)19-16(20)14-12(2)21-10-18-14/h6-10,15H,1-5H3,(H,19,20). The minimum absolute atomic E-state index is 0.0963. The lowest BCUT2D eigenvalue weighted by molar-refractivity contribution is 0.0895. The molecule has 0 radical (unpaired) electrons. The van der Waals surface area contributed by atoms with Crippen molar-refractivity contribution < 1.29 is 9.21 Å². The number of aryl methyl sites for hydroxylation is 2. The van der Waals surface area contributed by atoms with Gasteiger partial charge in [-0.05, 0) is 24.8 Å². The predicted molar refractivity (Wildman–Crippen MR) is 82.1 cm³/mol. The van der Waals surface area contributed by atoms with E-state index in [1.807, 2.05) is 25.1 Å². The highest BCUT2D eigenvalue weighted by atomic mass is 16.3. The van der Waals surface area contributed by atoms with Crippen molar-refractivity contribution in [3.05, 3.63) is 53.2 Å². The molecule has 21 heavy (non-hydrogen) atoms. The van der Waals surface area contributed by atoms with E-state index < -0.39 is 0 Å². The summed E-state index contributed by atoms with van der Waals surface area (Å²) in [7, 11) is 0. The Hall–Kier alpha value is -2.10. The number of rotatable bonds is 3. The molecule has 0 fully saturated rings. The Morgan fingerprint density at radius 3 is 2.52 bits per heavy atom. The second-order valence-electron chi connectivity index (χ2n) is 6.44. The molecule has 2 aromatic rings. The number of hydrogen-bond acceptors (Lipinski definition) is 3. The van der Waals surface area contributed by atoms with Gasteiger partial charge in [-0.25, -0.2) is 4.98 Å². The molecule has 0 bridgehead atoms. The van der Waals surface area contributed by atoms with Crippen LogP contribution in [0.5, 0.6) is 0 Å². The summed E-state index contributed by atoms with van der Waals surface area (Å²) in [5.41, 5.74) is 2.50. The number of oxazole rings is 1. The first kappa shape index (κ1) is 15.3. The summed E-state index contributed by atoms with van der Waals surface area (Å²) in [6.45, 7) is 10.1. The Labute approximate surface area is 125 Å². The Bertz CT molecular complexity index is 638. The molecular weight excluding hydrogens is 264 g/mol. The van der Waals surface area contributed by atoms with Crippen molar-refractivity contribution in [2.45, 2.75) is 40.7 Å². The molecule has 0 aliphatic carbocycles. The van der Waals surface area contributed by atoms with E-state index in [-0.39, 0.29) is 17.4 Å². The summed E-state index contributed by atoms with van der Waals surface area (Å²) in [6, 6.07) is 8.11. The van der Waals surface area contributed by atoms with Gasteiger partial charge in [0.25, 0.3) is 5.91 Å². The Kier molecular flexibility index (Phi) is 4.16. The molecule has 1 atom stereocenters. The Morgan fingerprint density at radius 2 is 2.00 bits per heavy atom. The first-order valence-electron chi connectivity index (χ1n) is 7.06. The number of hydrogen-bond donors (Lipinski definition) is 1. The minimum Gasteiger partial charge on any atom is -0.448 e. The molecule has 1 aromatic heterocycles. The monoisotopic (exact) mass is 286 g/mol. The van der Waals surface area contributed by atoms with Crippen molar-refractivity contribution in [2.75, 3.05) is 0 Å². The molecule has 0 spiro atoms. The van der Waals surface area contributed by atoms with E-state index in [4.69, 9.17) is 4.42 Å². The number of carbonyl (C=O) groups is 1. The summed E-state index contributed by atoms with van der Waals surface area (Å²) < 4.78 is 5.11. The van der Waals surface area contributed by atoms with Crippen LogP contribution in [-0.2, 0) is 0 Å². The van der Waals surface area contributed by atoms with Crippen molar-refractivity contribution >= 4 is 5.91 Å². The second kappa shape index (κ2) is 5.72. The van der Waals surface area contributed by atoms with Crippen LogP contribution in [0.4, 0.5) is 0 Å². The molecule has 4 heteroatoms. The van der Waals surface area contributed by atoms with Gasteiger partial charge in [0.15, 0.2) is 12.1 Å². The van der Waals surface area contributed by atoms with Gasteiger partial charge in [-0.2, -0.15) is 0 Å². The molecule has 0 saturated heterocycles. The third-order valence-corrected chi connectivity index (χ3v) is 3.48. The summed E-state index contributed by atoms with van der Waals surface area (Å²) in [6.07, 6.45) is 1.29. The van der Waals surface area contributed by atoms with Crippen molar-refractivity contribution in [1.29, 1.82) is 0 Å². The average molecular weight is 286 g/mol. The molecule has 2 rings (SSSR count). The van der Waals surface area contributed by atoms with Crippen LogP contribution in [0.2, 0.25) is 0 Å². The van der Waals surface area contributed by atoms with Gasteiger partial charge in [0.1, 0.15) is 5.76 Å². The zero-order valence-corrected chi connectivity index (χ0v) is 13.2. The van der Waals surface area contributed by atoms with Crippen LogP contribution in [0.3, 0.4) is 0 Å². The summed E-state index contributed by atoms with van der Waals surface area (Å²) in [5.74, 6) is 0.326. The number of carbonyl (C=O) groups excluding carboxylic acids is 1. The predicted octanol–water partition coefficient (Wildman–Crippen LogP) is 3.81. The number of amides is 1. The van der Waals surface area contributed by atoms with Gasteiger partial charge < -0.3 is 9.73 Å². The fraction of sp³-hybridized carbons (Fsp3) is 0.412. The highest BCUT2D eigenvalue weighted by Gasteiger charge is 2.29. The molecule has 0 aliphatic rings. The van der Waals surface area contributed by atoms with E-state index in [9.17, 15) is 4.79 Å². The van der Waals surface area contributed by atoms with E-state index >= 15 is 0 Å². The van der Waals surface area contributed by atoms with Gasteiger partial charge in [0, 0.05) is 0 Å². The summed E-state index contributed by atoms with van der Waals surface area (Å²) in [4.78, 5) is 16.4. The first-order valence-corrected chi connectivity index (χ1v) is 7.06. The molecule has 1 unspecified atom stereocenters. The summed E-state index contributed by atoms with van der Waals surface area (Å²) >= 11 is 0. The van der Waals surface area contributed by atoms with E-state index in [0.717, 1.165) is 5.56 Å². The van der Waals surface area contributed by atoms with E-state index in [0.29, 0.717) is 11.5 Å². The van der Waals surface area contributed by atoms with E-state index in [1.54, 1.807) is 6.92 Å². The van der Waals surface area contributed by atoms with Crippen molar-refractivity contribution in [3.8, 4) is 0 Å². The van der Waals surface area contributed by atoms with Gasteiger partial charge >= 0.3 is 0 Å². The third-order valence-electron chi connectivity index (χ3n) is 3.48. The van der Waals surface area contributed by atoms with Gasteiger partial charge in [-0.3, -0.25) is 4.79 Å². The lowest BCUT2D eigenvalue weighted by atomic mass is 9.82. The van der Waals surface area contributed by atoms with Crippen LogP contribution in [-0.4, -0.2) is 10.9 Å².